The zero-order chi connectivity index (χ0) is 14.1. The molecule has 0 saturated carbocycles. The molecule has 0 aliphatic carbocycles. The molecule has 1 aromatic carbocycles. The van der Waals surface area contributed by atoms with Crippen molar-refractivity contribution in [3.8, 4) is 5.75 Å². The SMILES string of the molecule is CCCOc1ccc(CN(C)CCCC(=O)O)cc1. The van der Waals surface area contributed by atoms with Gasteiger partial charge in [0.25, 0.3) is 0 Å². The number of benzene rings is 1. The molecule has 0 aliphatic heterocycles. The second-order valence-corrected chi connectivity index (χ2v) is 4.73. The van der Waals surface area contributed by atoms with Gasteiger partial charge in [-0.05, 0) is 44.1 Å². The predicted molar refractivity (Wildman–Crippen MR) is 75.4 cm³/mol. The normalized spacial score (nSPS) is 10.7. The summed E-state index contributed by atoms with van der Waals surface area (Å²) in [5.41, 5.74) is 1.21. The van der Waals surface area contributed by atoms with E-state index >= 15 is 0 Å². The van der Waals surface area contributed by atoms with Crippen molar-refractivity contribution in [2.75, 3.05) is 20.2 Å². The molecule has 0 fully saturated rings. The Kier molecular flexibility index (Phi) is 6.97. The van der Waals surface area contributed by atoms with Crippen LogP contribution in [-0.2, 0) is 11.3 Å². The lowest BCUT2D eigenvalue weighted by molar-refractivity contribution is -0.137. The third-order valence-corrected chi connectivity index (χ3v) is 2.78. The van der Waals surface area contributed by atoms with E-state index in [2.05, 4.69) is 24.0 Å². The average Bonchev–Trinajstić information content (AvgIpc) is 2.37. The molecule has 1 rings (SSSR count). The monoisotopic (exact) mass is 265 g/mol. The van der Waals surface area contributed by atoms with Crippen molar-refractivity contribution in [2.24, 2.45) is 0 Å². The third-order valence-electron chi connectivity index (χ3n) is 2.78. The fraction of sp³-hybridized carbons (Fsp3) is 0.533. The first-order valence-electron chi connectivity index (χ1n) is 6.74. The van der Waals surface area contributed by atoms with Gasteiger partial charge in [0.15, 0.2) is 0 Å². The van der Waals surface area contributed by atoms with Crippen molar-refractivity contribution in [1.29, 1.82) is 0 Å². The van der Waals surface area contributed by atoms with Crippen LogP contribution < -0.4 is 4.74 Å². The van der Waals surface area contributed by atoms with Crippen molar-refractivity contribution < 1.29 is 14.6 Å². The highest BCUT2D eigenvalue weighted by atomic mass is 16.5. The third kappa shape index (κ3) is 6.82. The molecule has 0 atom stereocenters. The molecule has 0 heterocycles. The molecule has 0 spiro atoms. The van der Waals surface area contributed by atoms with Gasteiger partial charge < -0.3 is 14.7 Å². The van der Waals surface area contributed by atoms with Gasteiger partial charge in [-0.15, -0.1) is 0 Å². The van der Waals surface area contributed by atoms with Gasteiger partial charge in [-0.25, -0.2) is 0 Å². The zero-order valence-electron chi connectivity index (χ0n) is 11.8. The highest BCUT2D eigenvalue weighted by Crippen LogP contribution is 2.13. The fourth-order valence-corrected chi connectivity index (χ4v) is 1.80. The number of carbonyl (C=O) groups is 1. The fourth-order valence-electron chi connectivity index (χ4n) is 1.80. The van der Waals surface area contributed by atoms with Crippen LogP contribution in [0.3, 0.4) is 0 Å². The predicted octanol–water partition coefficient (Wildman–Crippen LogP) is 2.77. The van der Waals surface area contributed by atoms with Crippen LogP contribution in [0.5, 0.6) is 5.75 Å². The summed E-state index contributed by atoms with van der Waals surface area (Å²) < 4.78 is 5.53. The summed E-state index contributed by atoms with van der Waals surface area (Å²) in [4.78, 5) is 12.6. The van der Waals surface area contributed by atoms with Crippen molar-refractivity contribution in [2.45, 2.75) is 32.7 Å². The number of rotatable bonds is 9. The first kappa shape index (κ1) is 15.5. The number of hydrogen-bond acceptors (Lipinski definition) is 3. The Labute approximate surface area is 115 Å². The van der Waals surface area contributed by atoms with Crippen LogP contribution in [0.1, 0.15) is 31.7 Å². The molecule has 19 heavy (non-hydrogen) atoms. The molecule has 0 aromatic heterocycles. The molecule has 0 unspecified atom stereocenters. The van der Waals surface area contributed by atoms with Crippen molar-refractivity contribution >= 4 is 5.97 Å². The van der Waals surface area contributed by atoms with Gasteiger partial charge in [0, 0.05) is 13.0 Å². The van der Waals surface area contributed by atoms with Crippen molar-refractivity contribution in [3.63, 3.8) is 0 Å². The van der Waals surface area contributed by atoms with Gasteiger partial charge in [0.1, 0.15) is 5.75 Å². The summed E-state index contributed by atoms with van der Waals surface area (Å²) in [5.74, 6) is 0.171. The minimum atomic E-state index is -0.731. The molecule has 0 radical (unpaired) electrons. The topological polar surface area (TPSA) is 49.8 Å². The van der Waals surface area contributed by atoms with Crippen LogP contribution >= 0.6 is 0 Å². The van der Waals surface area contributed by atoms with E-state index < -0.39 is 5.97 Å². The van der Waals surface area contributed by atoms with Crippen molar-refractivity contribution in [3.05, 3.63) is 29.8 Å². The first-order chi connectivity index (χ1) is 9.11. The summed E-state index contributed by atoms with van der Waals surface area (Å²) >= 11 is 0. The molecule has 106 valence electrons. The Morgan fingerprint density at radius 3 is 2.58 bits per heavy atom. The molecule has 0 amide bonds. The summed E-state index contributed by atoms with van der Waals surface area (Å²) in [6.45, 7) is 4.45. The van der Waals surface area contributed by atoms with E-state index in [1.54, 1.807) is 0 Å². The Bertz CT molecular complexity index is 375. The number of hydrogen-bond donors (Lipinski definition) is 1. The molecular weight excluding hydrogens is 242 g/mol. The van der Waals surface area contributed by atoms with Crippen LogP contribution in [0.15, 0.2) is 24.3 Å². The minimum Gasteiger partial charge on any atom is -0.494 e. The smallest absolute Gasteiger partial charge is 0.303 e. The van der Waals surface area contributed by atoms with Gasteiger partial charge in [-0.3, -0.25) is 4.79 Å². The summed E-state index contributed by atoms with van der Waals surface area (Å²) in [5, 5.41) is 8.59. The van der Waals surface area contributed by atoms with Crippen LogP contribution in [0, 0.1) is 0 Å². The Morgan fingerprint density at radius 2 is 2.00 bits per heavy atom. The van der Waals surface area contributed by atoms with Gasteiger partial charge in [-0.1, -0.05) is 19.1 Å². The molecule has 4 heteroatoms. The van der Waals surface area contributed by atoms with Crippen LogP contribution in [0.25, 0.3) is 0 Å². The Hall–Kier alpha value is -1.55. The van der Waals surface area contributed by atoms with Crippen LogP contribution in [0.2, 0.25) is 0 Å². The molecule has 1 N–H and O–H groups in total. The van der Waals surface area contributed by atoms with E-state index in [1.807, 2.05) is 19.2 Å². The lowest BCUT2D eigenvalue weighted by atomic mass is 10.2. The largest absolute Gasteiger partial charge is 0.494 e. The maximum absolute atomic E-state index is 10.4. The summed E-state index contributed by atoms with van der Waals surface area (Å²) in [6.07, 6.45) is 1.92. The molecule has 1 aromatic rings. The van der Waals surface area contributed by atoms with Gasteiger partial charge in [-0.2, -0.15) is 0 Å². The van der Waals surface area contributed by atoms with E-state index in [0.29, 0.717) is 6.42 Å². The summed E-state index contributed by atoms with van der Waals surface area (Å²) in [7, 11) is 2.00. The molecule has 0 aliphatic rings. The lowest BCUT2D eigenvalue weighted by Crippen LogP contribution is -2.19. The Morgan fingerprint density at radius 1 is 1.32 bits per heavy atom. The molecule has 0 saturated heterocycles. The van der Waals surface area contributed by atoms with Crippen LogP contribution in [-0.4, -0.2) is 36.2 Å². The molecular formula is C15H23NO3. The van der Waals surface area contributed by atoms with E-state index in [4.69, 9.17) is 9.84 Å². The summed E-state index contributed by atoms with van der Waals surface area (Å²) in [6, 6.07) is 8.07. The van der Waals surface area contributed by atoms with Gasteiger partial charge in [0.05, 0.1) is 6.61 Å². The number of nitrogens with zero attached hydrogens (tertiary/aromatic N) is 1. The Balaban J connectivity index is 2.33. The molecule has 0 bridgehead atoms. The van der Waals surface area contributed by atoms with E-state index in [1.165, 1.54) is 5.56 Å². The lowest BCUT2D eigenvalue weighted by Gasteiger charge is -2.16. The van der Waals surface area contributed by atoms with Gasteiger partial charge in [0.2, 0.25) is 0 Å². The maximum Gasteiger partial charge on any atom is 0.303 e. The van der Waals surface area contributed by atoms with Gasteiger partial charge >= 0.3 is 5.97 Å². The number of carboxylic acid groups (broad SMARTS) is 1. The van der Waals surface area contributed by atoms with E-state index in [-0.39, 0.29) is 6.42 Å². The van der Waals surface area contributed by atoms with E-state index in [0.717, 1.165) is 31.9 Å². The number of carboxylic acids is 1. The number of ether oxygens (including phenoxy) is 1. The zero-order valence-corrected chi connectivity index (χ0v) is 11.8. The highest BCUT2D eigenvalue weighted by molar-refractivity contribution is 5.66. The van der Waals surface area contributed by atoms with E-state index in [9.17, 15) is 4.79 Å². The van der Waals surface area contributed by atoms with Crippen LogP contribution in [0.4, 0.5) is 0 Å². The quantitative estimate of drug-likeness (QED) is 0.746. The average molecular weight is 265 g/mol. The number of aliphatic carboxylic acids is 1. The molecule has 4 nitrogen and oxygen atoms in total. The second-order valence-electron chi connectivity index (χ2n) is 4.73. The maximum atomic E-state index is 10.4. The standard InChI is InChI=1S/C15H23NO3/c1-3-11-19-14-8-6-13(7-9-14)12-16(2)10-4-5-15(17)18/h6-9H,3-5,10-12H2,1-2H3,(H,17,18). The highest BCUT2D eigenvalue weighted by Gasteiger charge is 2.03. The first-order valence-corrected chi connectivity index (χ1v) is 6.74. The van der Waals surface area contributed by atoms with Crippen molar-refractivity contribution in [1.82, 2.24) is 4.90 Å². The second kappa shape index (κ2) is 8.53. The minimum absolute atomic E-state index is 0.230.